The molecule has 0 saturated carbocycles. The Bertz CT molecular complexity index is 1600. The van der Waals surface area contributed by atoms with E-state index in [4.69, 9.17) is 0 Å². The van der Waals surface area contributed by atoms with Crippen molar-refractivity contribution in [2.24, 2.45) is 5.92 Å². The largest absolute Gasteiger partial charge is 0.351 e. The third kappa shape index (κ3) is 8.00. The molecule has 0 spiro atoms. The molecule has 1 aliphatic heterocycles. The number of hydrogen-bond acceptors (Lipinski definition) is 5. The minimum absolute atomic E-state index is 0.0670. The molecule has 45 heavy (non-hydrogen) atoms. The van der Waals surface area contributed by atoms with Crippen LogP contribution in [0.1, 0.15) is 66.6 Å². The minimum Gasteiger partial charge on any atom is -0.347 e. The molecule has 1 N–H and O–H groups in total. The summed E-state index contributed by atoms with van der Waals surface area (Å²) in [5, 5.41) is 2.64. The number of aryl methyl sites for hydroxylation is 3. The lowest BCUT2D eigenvalue weighted by molar-refractivity contribution is -0.184. The predicted molar refractivity (Wildman–Crippen MR) is 163 cm³/mol. The van der Waals surface area contributed by atoms with Crippen molar-refractivity contribution in [1.82, 2.24) is 14.8 Å². The number of benzene rings is 2. The fraction of sp³-hybridized carbons (Fsp3) is 0.441. The van der Waals surface area contributed by atoms with Gasteiger partial charge in [0.25, 0.3) is 5.56 Å². The average Bonchev–Trinajstić information content (AvgIpc) is 2.96. The van der Waals surface area contributed by atoms with E-state index in [0.29, 0.717) is 24.1 Å². The number of amides is 1. The van der Waals surface area contributed by atoms with Crippen LogP contribution in [0.4, 0.5) is 17.7 Å². The lowest BCUT2D eigenvalue weighted by atomic mass is 9.90. The summed E-state index contributed by atoms with van der Waals surface area (Å²) < 4.78 is 57.9. The molecule has 0 radical (unpaired) electrons. The maximum Gasteiger partial charge on any atom is 0.351 e. The number of nitrogens with zero attached hydrogens (tertiary/aromatic N) is 2. The fourth-order valence-corrected chi connectivity index (χ4v) is 5.93. The third-order valence-corrected chi connectivity index (χ3v) is 8.22. The number of carbonyl (C=O) groups is 2. The first-order valence-corrected chi connectivity index (χ1v) is 15.0. The highest BCUT2D eigenvalue weighted by Gasteiger charge is 2.31. The molecule has 2 atom stereocenters. The zero-order valence-corrected chi connectivity index (χ0v) is 26.1. The van der Waals surface area contributed by atoms with Gasteiger partial charge in [0.15, 0.2) is 5.82 Å². The van der Waals surface area contributed by atoms with Gasteiger partial charge in [0.2, 0.25) is 5.91 Å². The molecule has 7 nitrogen and oxygen atoms in total. The minimum atomic E-state index is -1.37. The van der Waals surface area contributed by atoms with Gasteiger partial charge >= 0.3 is 5.97 Å². The van der Waals surface area contributed by atoms with Gasteiger partial charge in [0.05, 0.1) is 12.5 Å². The Morgan fingerprint density at radius 3 is 2.31 bits per heavy atom. The molecule has 1 amide bonds. The Morgan fingerprint density at radius 2 is 1.71 bits per heavy atom. The summed E-state index contributed by atoms with van der Waals surface area (Å²) in [7, 11) is 0. The van der Waals surface area contributed by atoms with Gasteiger partial charge in [-0.3, -0.25) is 19.4 Å². The fourth-order valence-electron chi connectivity index (χ4n) is 5.93. The summed E-state index contributed by atoms with van der Waals surface area (Å²) in [6, 6.07) is 7.37. The number of likely N-dealkylation sites (tertiary alicyclic amines) is 1. The number of aromatic nitrogens is 1. The van der Waals surface area contributed by atoms with Crippen molar-refractivity contribution >= 4 is 11.9 Å². The van der Waals surface area contributed by atoms with Crippen LogP contribution in [0, 0.1) is 38.3 Å². The predicted octanol–water partition coefficient (Wildman–Crippen LogP) is 6.18. The lowest BCUT2D eigenvalue weighted by Gasteiger charge is -2.34. The third-order valence-electron chi connectivity index (χ3n) is 8.22. The van der Waals surface area contributed by atoms with Crippen molar-refractivity contribution in [2.75, 3.05) is 19.6 Å². The molecule has 1 aromatic heterocycles. The number of nitrogens with one attached hydrogen (secondary N) is 1. The molecule has 2 aromatic carbocycles. The Balaban J connectivity index is 1.73. The Hall–Kier alpha value is -3.99. The van der Waals surface area contributed by atoms with E-state index in [-0.39, 0.29) is 36.6 Å². The highest BCUT2D eigenvalue weighted by molar-refractivity contribution is 5.82. The van der Waals surface area contributed by atoms with Crippen molar-refractivity contribution in [3.05, 3.63) is 92.4 Å². The van der Waals surface area contributed by atoms with Crippen LogP contribution in [0.15, 0.2) is 47.4 Å². The summed E-state index contributed by atoms with van der Waals surface area (Å²) in [5.41, 5.74) is 2.92. The van der Waals surface area contributed by atoms with Gasteiger partial charge in [-0.05, 0) is 91.1 Å². The van der Waals surface area contributed by atoms with E-state index in [1.807, 2.05) is 50.8 Å². The number of carbonyl (C=O) groups excluding carboxylic acids is 2. The molecule has 242 valence electrons. The van der Waals surface area contributed by atoms with Crippen LogP contribution in [0.5, 0.6) is 0 Å². The van der Waals surface area contributed by atoms with Gasteiger partial charge < -0.3 is 9.88 Å². The summed E-state index contributed by atoms with van der Waals surface area (Å²) in [6.07, 6.45) is 0.196. The van der Waals surface area contributed by atoms with Crippen molar-refractivity contribution in [2.45, 2.75) is 72.1 Å². The second-order valence-electron chi connectivity index (χ2n) is 12.3. The number of rotatable bonds is 12. The molecular weight excluding hydrogens is 590 g/mol. The Morgan fingerprint density at radius 1 is 1.04 bits per heavy atom. The van der Waals surface area contributed by atoms with Crippen LogP contribution in [0.2, 0.25) is 0 Å². The van der Waals surface area contributed by atoms with Crippen molar-refractivity contribution in [3.8, 4) is 11.1 Å². The average molecular weight is 630 g/mol. The number of halogens is 4. The van der Waals surface area contributed by atoms with Crippen LogP contribution in [0.25, 0.3) is 11.1 Å². The monoisotopic (exact) mass is 629 g/mol. The van der Waals surface area contributed by atoms with E-state index < -0.39 is 53.7 Å². The maximum atomic E-state index is 15.7. The van der Waals surface area contributed by atoms with Crippen LogP contribution in [-0.2, 0) is 21.0 Å². The molecule has 1 aliphatic rings. The lowest BCUT2D eigenvalue weighted by Crippen LogP contribution is -2.49. The summed E-state index contributed by atoms with van der Waals surface area (Å²) in [5.74, 6) is -4.00. The van der Waals surface area contributed by atoms with Crippen LogP contribution in [0.3, 0.4) is 0 Å². The van der Waals surface area contributed by atoms with Gasteiger partial charge in [0.1, 0.15) is 18.0 Å². The maximum absolute atomic E-state index is 15.7. The van der Waals surface area contributed by atoms with Crippen molar-refractivity contribution < 1.29 is 32.2 Å². The van der Waals surface area contributed by atoms with E-state index in [2.05, 4.69) is 10.3 Å². The Kier molecular flexibility index (Phi) is 10.9. The molecule has 4 rings (SSSR count). The molecule has 1 fully saturated rings. The highest BCUT2D eigenvalue weighted by atomic mass is 19.3. The zero-order chi connectivity index (χ0) is 33.0. The topological polar surface area (TPSA) is 80.6 Å². The summed E-state index contributed by atoms with van der Waals surface area (Å²) in [4.78, 5) is 44.3. The van der Waals surface area contributed by atoms with Gasteiger partial charge in [-0.15, -0.1) is 0 Å². The molecule has 2 heterocycles. The van der Waals surface area contributed by atoms with E-state index in [9.17, 15) is 27.7 Å². The van der Waals surface area contributed by atoms with Gasteiger partial charge in [0, 0.05) is 35.9 Å². The van der Waals surface area contributed by atoms with E-state index in [1.165, 1.54) is 12.3 Å². The first-order chi connectivity index (χ1) is 21.3. The van der Waals surface area contributed by atoms with Gasteiger partial charge in [-0.25, -0.2) is 18.0 Å². The molecular formula is C34H39F4N3O4. The molecule has 1 saturated heterocycles. The van der Waals surface area contributed by atoms with Gasteiger partial charge in [-0.2, -0.15) is 0 Å². The standard InChI is InChI=1S/C34H39F4N3O4/c1-19(2)11-29(41-16-23(13-27(36)34(41)44)9-10-40-17-25(35)18-40)33(43)39-28(15-30(42)45-38)26-14-24(12-22(5)32(26)37)31-20(3)7-6-8-21(31)4/h6-8,12-14,16,19,25,28-29H,9-11,15,17-18H2,1-5H3,(H,39,43)/t28-,29?/m0/s1. The van der Waals surface area contributed by atoms with E-state index in [1.54, 1.807) is 13.0 Å². The molecule has 0 aliphatic carbocycles. The van der Waals surface area contributed by atoms with E-state index >= 15 is 4.39 Å². The smallest absolute Gasteiger partial charge is 0.347 e. The van der Waals surface area contributed by atoms with E-state index in [0.717, 1.165) is 27.3 Å². The summed E-state index contributed by atoms with van der Waals surface area (Å²) in [6.45, 7) is 10.0. The number of hydrogen-bond donors (Lipinski definition) is 1. The van der Waals surface area contributed by atoms with Crippen molar-refractivity contribution in [3.63, 3.8) is 0 Å². The van der Waals surface area contributed by atoms with Crippen LogP contribution >= 0.6 is 0 Å². The normalized spacial score (nSPS) is 15.1. The zero-order valence-electron chi connectivity index (χ0n) is 26.1. The number of pyridine rings is 1. The summed E-state index contributed by atoms with van der Waals surface area (Å²) >= 11 is 0. The van der Waals surface area contributed by atoms with Crippen LogP contribution in [-0.4, -0.2) is 47.1 Å². The molecule has 3 aromatic rings. The van der Waals surface area contributed by atoms with Crippen molar-refractivity contribution in [1.29, 1.82) is 0 Å². The SMILES string of the molecule is Cc1cc(-c2c(C)cccc2C)cc([C@H](CC(=O)OF)NC(=O)C(CC(C)C)n2cc(CCN3CC(F)C3)cc(F)c2=O)c1F. The first-order valence-electron chi connectivity index (χ1n) is 15.0. The second kappa shape index (κ2) is 14.4. The second-order valence-corrected chi connectivity index (χ2v) is 12.3. The van der Waals surface area contributed by atoms with Gasteiger partial charge in [-0.1, -0.05) is 32.0 Å². The first kappa shape index (κ1) is 33.9. The Labute approximate surface area is 260 Å². The molecule has 1 unspecified atom stereocenters. The highest BCUT2D eigenvalue weighted by Crippen LogP contribution is 2.34. The quantitative estimate of drug-likeness (QED) is 0.242. The number of alkyl halides is 1. The van der Waals surface area contributed by atoms with Crippen LogP contribution < -0.4 is 10.9 Å². The molecule has 0 bridgehead atoms. The molecule has 11 heteroatoms.